The summed E-state index contributed by atoms with van der Waals surface area (Å²) in [6, 6.07) is 5.72. The summed E-state index contributed by atoms with van der Waals surface area (Å²) in [4.78, 5) is 23.4. The number of ether oxygens (including phenoxy) is 1. The second-order valence-corrected chi connectivity index (χ2v) is 7.44. The first-order valence-electron chi connectivity index (χ1n) is 7.17. The zero-order chi connectivity index (χ0) is 17.7. The van der Waals surface area contributed by atoms with Crippen LogP contribution in [0.25, 0.3) is 11.0 Å². The van der Waals surface area contributed by atoms with Crippen molar-refractivity contribution in [3.8, 4) is 5.75 Å². The third kappa shape index (κ3) is 4.21. The van der Waals surface area contributed by atoms with E-state index in [1.54, 1.807) is 26.0 Å². The molecule has 0 amide bonds. The molecule has 0 N–H and O–H groups in total. The van der Waals surface area contributed by atoms with Crippen LogP contribution in [-0.2, 0) is 25.6 Å². The number of carbonyl (C=O) groups excluding carboxylic acids is 1. The summed E-state index contributed by atoms with van der Waals surface area (Å²) >= 11 is 5.29. The Morgan fingerprint density at radius 2 is 1.88 bits per heavy atom. The lowest BCUT2D eigenvalue weighted by Crippen LogP contribution is -2.08. The molecule has 0 spiro atoms. The van der Waals surface area contributed by atoms with Crippen molar-refractivity contribution in [1.29, 1.82) is 0 Å². The first kappa shape index (κ1) is 18.6. The van der Waals surface area contributed by atoms with Gasteiger partial charge in [-0.2, -0.15) is 0 Å². The van der Waals surface area contributed by atoms with E-state index >= 15 is 0 Å². The summed E-state index contributed by atoms with van der Waals surface area (Å²) in [5.41, 5.74) is -0.381. The van der Waals surface area contributed by atoms with Gasteiger partial charge < -0.3 is 13.7 Å². The topological polar surface area (TPSA) is 84.2 Å². The van der Waals surface area contributed by atoms with Gasteiger partial charge in [0.2, 0.25) is 0 Å². The molecule has 1 aromatic heterocycles. The summed E-state index contributed by atoms with van der Waals surface area (Å²) in [5.74, 6) is -0.312. The third-order valence-electron chi connectivity index (χ3n) is 2.91. The van der Waals surface area contributed by atoms with Gasteiger partial charge in [0, 0.05) is 29.3 Å². The van der Waals surface area contributed by atoms with Crippen molar-refractivity contribution in [2.45, 2.75) is 13.8 Å². The van der Waals surface area contributed by atoms with Crippen LogP contribution in [-0.4, -0.2) is 26.3 Å². The average Bonchev–Trinajstić information content (AvgIpc) is 2.53. The molecule has 0 bridgehead atoms. The van der Waals surface area contributed by atoms with Crippen LogP contribution in [0.3, 0.4) is 0 Å². The van der Waals surface area contributed by atoms with Gasteiger partial charge in [0.05, 0.1) is 25.9 Å². The first-order valence-corrected chi connectivity index (χ1v) is 9.73. The minimum absolute atomic E-state index is 0.115. The van der Waals surface area contributed by atoms with Gasteiger partial charge in [0.25, 0.3) is 0 Å². The van der Waals surface area contributed by atoms with Crippen LogP contribution in [0, 0.1) is 0 Å². The molecule has 0 unspecified atom stereocenters. The van der Waals surface area contributed by atoms with Crippen molar-refractivity contribution in [2.24, 2.45) is 0 Å². The van der Waals surface area contributed by atoms with Crippen LogP contribution in [0.5, 0.6) is 5.75 Å². The van der Waals surface area contributed by atoms with Gasteiger partial charge in [-0.25, -0.2) is 9.59 Å². The predicted molar refractivity (Wildman–Crippen MR) is 92.0 cm³/mol. The Kier molecular flexibility index (Phi) is 6.12. The quantitative estimate of drug-likeness (QED) is 0.416. The maximum absolute atomic E-state index is 11.8. The van der Waals surface area contributed by atoms with Crippen LogP contribution in [0.15, 0.2) is 33.5 Å². The third-order valence-corrected chi connectivity index (χ3v) is 5.35. The number of rotatable bonds is 7. The van der Waals surface area contributed by atoms with Crippen molar-refractivity contribution >= 4 is 35.5 Å². The Morgan fingerprint density at radius 3 is 2.46 bits per heavy atom. The van der Waals surface area contributed by atoms with E-state index in [-0.39, 0.29) is 11.1 Å². The highest BCUT2D eigenvalue weighted by Crippen LogP contribution is 2.50. The van der Waals surface area contributed by atoms with E-state index < -0.39 is 18.3 Å². The summed E-state index contributed by atoms with van der Waals surface area (Å²) in [6.45, 7) is 1.30. The number of carbonyl (C=O) groups is 1. The molecular formula is C15H17O7PS. The highest BCUT2D eigenvalue weighted by atomic mass is 32.5. The standard InChI is InChI=1S/C15H17O7PS/c1-4-19-23(24,20-5-2)22-10-6-7-11-12(15(17)18-3)9-14(16)21-13(11)8-10/h6-9H,4-5H2,1-3H3. The zero-order valence-electron chi connectivity index (χ0n) is 13.4. The molecule has 1 heterocycles. The van der Waals surface area contributed by atoms with Crippen molar-refractivity contribution in [3.05, 3.63) is 40.2 Å². The van der Waals surface area contributed by atoms with Gasteiger partial charge in [-0.15, -0.1) is 0 Å². The molecule has 9 heteroatoms. The Hall–Kier alpha value is -1.73. The molecule has 0 aliphatic rings. The van der Waals surface area contributed by atoms with Crippen LogP contribution in [0.2, 0.25) is 0 Å². The second kappa shape index (κ2) is 7.90. The lowest BCUT2D eigenvalue weighted by atomic mass is 10.1. The van der Waals surface area contributed by atoms with Crippen molar-refractivity contribution in [3.63, 3.8) is 0 Å². The van der Waals surface area contributed by atoms with Crippen molar-refractivity contribution in [2.75, 3.05) is 20.3 Å². The molecule has 0 radical (unpaired) electrons. The van der Waals surface area contributed by atoms with E-state index in [1.807, 2.05) is 0 Å². The molecule has 0 saturated carbocycles. The van der Waals surface area contributed by atoms with Crippen LogP contribution < -0.4 is 10.1 Å². The first-order chi connectivity index (χ1) is 11.4. The van der Waals surface area contributed by atoms with Gasteiger partial charge in [0.15, 0.2) is 0 Å². The van der Waals surface area contributed by atoms with Crippen LogP contribution >= 0.6 is 6.72 Å². The maximum atomic E-state index is 11.8. The largest absolute Gasteiger partial charge is 0.465 e. The molecule has 2 rings (SSSR count). The van der Waals surface area contributed by atoms with Gasteiger partial charge >= 0.3 is 18.3 Å². The fraction of sp³-hybridized carbons (Fsp3) is 0.333. The SMILES string of the molecule is CCOP(=S)(OCC)Oc1ccc2c(C(=O)OC)cc(=O)oc2c1. The highest BCUT2D eigenvalue weighted by molar-refractivity contribution is 8.07. The molecule has 0 fully saturated rings. The number of hydrogen-bond donors (Lipinski definition) is 0. The molecule has 0 saturated heterocycles. The monoisotopic (exact) mass is 372 g/mol. The fourth-order valence-electron chi connectivity index (χ4n) is 2.01. The van der Waals surface area contributed by atoms with Gasteiger partial charge in [-0.1, -0.05) is 0 Å². The number of methoxy groups -OCH3 is 1. The van der Waals surface area contributed by atoms with Crippen molar-refractivity contribution in [1.82, 2.24) is 0 Å². The van der Waals surface area contributed by atoms with Crippen LogP contribution in [0.4, 0.5) is 0 Å². The van der Waals surface area contributed by atoms with Gasteiger partial charge in [-0.3, -0.25) is 9.05 Å². The fourth-order valence-corrected chi connectivity index (χ4v) is 4.09. The van der Waals surface area contributed by atoms with Crippen molar-refractivity contribution < 1.29 is 27.5 Å². The molecule has 7 nitrogen and oxygen atoms in total. The molecule has 130 valence electrons. The van der Waals surface area contributed by atoms with Gasteiger partial charge in [0.1, 0.15) is 11.3 Å². The Labute approximate surface area is 143 Å². The Bertz CT molecular complexity index is 835. The van der Waals surface area contributed by atoms with E-state index in [9.17, 15) is 9.59 Å². The molecule has 1 aromatic carbocycles. The molecule has 24 heavy (non-hydrogen) atoms. The summed E-state index contributed by atoms with van der Waals surface area (Å²) in [6.07, 6.45) is 0. The molecular weight excluding hydrogens is 355 g/mol. The normalized spacial score (nSPS) is 11.5. The van der Waals surface area contributed by atoms with E-state index in [4.69, 9.17) is 29.8 Å². The molecule has 0 aliphatic heterocycles. The van der Waals surface area contributed by atoms with Gasteiger partial charge in [-0.05, 0) is 26.0 Å². The highest BCUT2D eigenvalue weighted by Gasteiger charge is 2.22. The number of fused-ring (bicyclic) bond motifs is 1. The Balaban J connectivity index is 2.46. The number of esters is 1. The Morgan fingerprint density at radius 1 is 1.21 bits per heavy atom. The van der Waals surface area contributed by atoms with E-state index in [0.717, 1.165) is 6.07 Å². The molecule has 0 aliphatic carbocycles. The van der Waals surface area contributed by atoms with E-state index in [0.29, 0.717) is 24.3 Å². The zero-order valence-corrected chi connectivity index (χ0v) is 15.1. The van der Waals surface area contributed by atoms with E-state index in [2.05, 4.69) is 4.74 Å². The molecule has 2 aromatic rings. The minimum Gasteiger partial charge on any atom is -0.465 e. The van der Waals surface area contributed by atoms with Crippen LogP contribution in [0.1, 0.15) is 24.2 Å². The smallest absolute Gasteiger partial charge is 0.380 e. The minimum atomic E-state index is -2.95. The summed E-state index contributed by atoms with van der Waals surface area (Å²) < 4.78 is 26.3. The number of hydrogen-bond acceptors (Lipinski definition) is 8. The molecule has 0 atom stereocenters. The maximum Gasteiger partial charge on any atom is 0.380 e. The lowest BCUT2D eigenvalue weighted by molar-refractivity contribution is 0.0602. The summed E-state index contributed by atoms with van der Waals surface area (Å²) in [7, 11) is 1.24. The number of benzene rings is 1. The predicted octanol–water partition coefficient (Wildman–Crippen LogP) is 3.26. The second-order valence-electron chi connectivity index (χ2n) is 4.50. The van der Waals surface area contributed by atoms with E-state index in [1.165, 1.54) is 13.2 Å². The average molecular weight is 372 g/mol. The summed E-state index contributed by atoms with van der Waals surface area (Å²) in [5, 5.41) is 0.426. The lowest BCUT2D eigenvalue weighted by Gasteiger charge is -2.21.